The first-order chi connectivity index (χ1) is 9.51. The van der Waals surface area contributed by atoms with Gasteiger partial charge in [-0.15, -0.1) is 0 Å². The lowest BCUT2D eigenvalue weighted by Crippen LogP contribution is -2.37. The second-order valence-electron chi connectivity index (χ2n) is 6.93. The van der Waals surface area contributed by atoms with E-state index in [1.165, 1.54) is 32.1 Å². The molecule has 1 aromatic heterocycles. The highest BCUT2D eigenvalue weighted by Crippen LogP contribution is 2.40. The molecule has 4 heteroatoms. The summed E-state index contributed by atoms with van der Waals surface area (Å²) in [5.74, 6) is 1.85. The molecule has 0 saturated heterocycles. The van der Waals surface area contributed by atoms with Crippen molar-refractivity contribution in [3.8, 4) is 0 Å². The molecule has 0 spiro atoms. The zero-order chi connectivity index (χ0) is 14.6. The molecule has 1 aromatic rings. The molecule has 0 aromatic carbocycles. The number of hydrogen-bond donors (Lipinski definition) is 1. The summed E-state index contributed by atoms with van der Waals surface area (Å²) in [6.07, 6.45) is 9.39. The Morgan fingerprint density at radius 2 is 2.00 bits per heavy atom. The molecule has 114 valence electrons. The predicted octanol–water partition coefficient (Wildman–Crippen LogP) is 2.94. The lowest BCUT2D eigenvalue weighted by molar-refractivity contribution is 0.137. The molecular formula is C16H30N4. The number of rotatable bonds is 6. The molecule has 0 radical (unpaired) electrons. The summed E-state index contributed by atoms with van der Waals surface area (Å²) in [5.41, 5.74) is 0.517. The maximum absolute atomic E-state index is 4.31. The highest BCUT2D eigenvalue weighted by atomic mass is 15.3. The summed E-state index contributed by atoms with van der Waals surface area (Å²) < 4.78 is 1.77. The van der Waals surface area contributed by atoms with Crippen LogP contribution in [0.4, 0.5) is 0 Å². The molecule has 0 aliphatic heterocycles. The minimum Gasteiger partial charge on any atom is -0.314 e. The van der Waals surface area contributed by atoms with Gasteiger partial charge in [0.25, 0.3) is 0 Å². The Labute approximate surface area is 123 Å². The van der Waals surface area contributed by atoms with Crippen LogP contribution in [0, 0.1) is 11.3 Å². The Morgan fingerprint density at radius 1 is 1.30 bits per heavy atom. The van der Waals surface area contributed by atoms with Crippen molar-refractivity contribution in [2.45, 2.75) is 65.3 Å². The molecular weight excluding hydrogens is 248 g/mol. The Morgan fingerprint density at radius 3 is 2.55 bits per heavy atom. The van der Waals surface area contributed by atoms with E-state index in [1.54, 1.807) is 11.0 Å². The van der Waals surface area contributed by atoms with Crippen molar-refractivity contribution in [3.63, 3.8) is 0 Å². The maximum atomic E-state index is 4.31. The average Bonchev–Trinajstić information content (AvgIpc) is 2.85. The third-order valence-electron chi connectivity index (χ3n) is 5.17. The highest BCUT2D eigenvalue weighted by molar-refractivity contribution is 4.87. The van der Waals surface area contributed by atoms with Crippen LogP contribution in [-0.2, 0) is 13.5 Å². The van der Waals surface area contributed by atoms with E-state index >= 15 is 0 Å². The van der Waals surface area contributed by atoms with Gasteiger partial charge in [0.05, 0.1) is 0 Å². The first kappa shape index (κ1) is 15.5. The zero-order valence-corrected chi connectivity index (χ0v) is 13.5. The molecule has 4 nitrogen and oxygen atoms in total. The largest absolute Gasteiger partial charge is 0.314 e. The standard InChI is InChI=1S/C16H30N4/c1-5-16(2,3)13-6-8-14(9-7-13)17-11-10-15-18-12-20(4)19-15/h12-14,17H,5-11H2,1-4H3. The van der Waals surface area contributed by atoms with E-state index in [0.717, 1.165) is 24.7 Å². The minimum absolute atomic E-state index is 0.517. The monoisotopic (exact) mass is 278 g/mol. The van der Waals surface area contributed by atoms with Crippen LogP contribution in [0.3, 0.4) is 0 Å². The number of aromatic nitrogens is 3. The maximum Gasteiger partial charge on any atom is 0.151 e. The van der Waals surface area contributed by atoms with E-state index in [9.17, 15) is 0 Å². The zero-order valence-electron chi connectivity index (χ0n) is 13.5. The Kier molecular flexibility index (Phi) is 5.19. The molecule has 0 bridgehead atoms. The number of hydrogen-bond acceptors (Lipinski definition) is 3. The van der Waals surface area contributed by atoms with Crippen LogP contribution < -0.4 is 5.32 Å². The van der Waals surface area contributed by atoms with E-state index in [4.69, 9.17) is 0 Å². The second-order valence-corrected chi connectivity index (χ2v) is 6.93. The van der Waals surface area contributed by atoms with E-state index < -0.39 is 0 Å². The van der Waals surface area contributed by atoms with Crippen molar-refractivity contribution in [1.29, 1.82) is 0 Å². The lowest BCUT2D eigenvalue weighted by Gasteiger charge is -2.39. The lowest BCUT2D eigenvalue weighted by atomic mass is 9.69. The first-order valence-corrected chi connectivity index (χ1v) is 8.09. The molecule has 20 heavy (non-hydrogen) atoms. The Balaban J connectivity index is 1.67. The quantitative estimate of drug-likeness (QED) is 0.870. The molecule has 2 rings (SSSR count). The number of nitrogens with zero attached hydrogens (tertiary/aromatic N) is 3. The average molecular weight is 278 g/mol. The molecule has 1 fully saturated rings. The van der Waals surface area contributed by atoms with Crippen LogP contribution in [0.5, 0.6) is 0 Å². The minimum atomic E-state index is 0.517. The third-order valence-corrected chi connectivity index (χ3v) is 5.17. The normalized spacial score (nSPS) is 24.0. The van der Waals surface area contributed by atoms with Crippen molar-refractivity contribution in [1.82, 2.24) is 20.1 Å². The predicted molar refractivity (Wildman–Crippen MR) is 82.5 cm³/mol. The summed E-state index contributed by atoms with van der Waals surface area (Å²) in [5, 5.41) is 7.99. The van der Waals surface area contributed by atoms with Crippen molar-refractivity contribution in [2.75, 3.05) is 6.54 Å². The van der Waals surface area contributed by atoms with Crippen LogP contribution in [-0.4, -0.2) is 27.4 Å². The molecule has 1 saturated carbocycles. The van der Waals surface area contributed by atoms with Gasteiger partial charge in [-0.3, -0.25) is 4.68 Å². The molecule has 1 aliphatic carbocycles. The summed E-state index contributed by atoms with van der Waals surface area (Å²) in [6.45, 7) is 8.18. The van der Waals surface area contributed by atoms with Crippen LogP contribution in [0.15, 0.2) is 6.33 Å². The van der Waals surface area contributed by atoms with Gasteiger partial charge in [-0.1, -0.05) is 27.2 Å². The Hall–Kier alpha value is -0.900. The van der Waals surface area contributed by atoms with Gasteiger partial charge in [0, 0.05) is 26.1 Å². The summed E-state index contributed by atoms with van der Waals surface area (Å²) in [7, 11) is 1.92. The van der Waals surface area contributed by atoms with E-state index in [1.807, 2.05) is 7.05 Å². The molecule has 0 atom stereocenters. The molecule has 1 heterocycles. The third kappa shape index (κ3) is 4.05. The van der Waals surface area contributed by atoms with E-state index in [-0.39, 0.29) is 0 Å². The fraction of sp³-hybridized carbons (Fsp3) is 0.875. The van der Waals surface area contributed by atoms with Gasteiger partial charge < -0.3 is 5.32 Å². The number of aryl methyl sites for hydroxylation is 1. The fourth-order valence-electron chi connectivity index (χ4n) is 3.25. The molecule has 1 N–H and O–H groups in total. The first-order valence-electron chi connectivity index (χ1n) is 8.09. The van der Waals surface area contributed by atoms with Crippen LogP contribution in [0.25, 0.3) is 0 Å². The van der Waals surface area contributed by atoms with E-state index in [2.05, 4.69) is 36.2 Å². The SMILES string of the molecule is CCC(C)(C)C1CCC(NCCc2ncn(C)n2)CC1. The topological polar surface area (TPSA) is 42.7 Å². The van der Waals surface area contributed by atoms with Crippen molar-refractivity contribution < 1.29 is 0 Å². The van der Waals surface area contributed by atoms with Gasteiger partial charge in [0.15, 0.2) is 5.82 Å². The van der Waals surface area contributed by atoms with Crippen molar-refractivity contribution >= 4 is 0 Å². The van der Waals surface area contributed by atoms with Crippen LogP contribution in [0.1, 0.15) is 58.7 Å². The second kappa shape index (κ2) is 6.70. The fourth-order valence-corrected chi connectivity index (χ4v) is 3.25. The van der Waals surface area contributed by atoms with Crippen LogP contribution in [0.2, 0.25) is 0 Å². The van der Waals surface area contributed by atoms with E-state index in [0.29, 0.717) is 11.5 Å². The van der Waals surface area contributed by atoms with Gasteiger partial charge in [-0.05, 0) is 37.0 Å². The molecule has 0 unspecified atom stereocenters. The molecule has 0 amide bonds. The molecule has 1 aliphatic rings. The van der Waals surface area contributed by atoms with Gasteiger partial charge in [0.2, 0.25) is 0 Å². The van der Waals surface area contributed by atoms with Crippen LogP contribution >= 0.6 is 0 Å². The summed E-state index contributed by atoms with van der Waals surface area (Å²) in [6, 6.07) is 0.697. The smallest absolute Gasteiger partial charge is 0.151 e. The van der Waals surface area contributed by atoms with Crippen molar-refractivity contribution in [3.05, 3.63) is 12.2 Å². The highest BCUT2D eigenvalue weighted by Gasteiger charge is 2.31. The van der Waals surface area contributed by atoms with Crippen molar-refractivity contribution in [2.24, 2.45) is 18.4 Å². The summed E-state index contributed by atoms with van der Waals surface area (Å²) >= 11 is 0. The van der Waals surface area contributed by atoms with Gasteiger partial charge in [-0.2, -0.15) is 5.10 Å². The van der Waals surface area contributed by atoms with Gasteiger partial charge in [-0.25, -0.2) is 4.98 Å². The number of nitrogens with one attached hydrogen (secondary N) is 1. The van der Waals surface area contributed by atoms with Gasteiger partial charge in [0.1, 0.15) is 6.33 Å². The Bertz CT molecular complexity index is 402. The summed E-state index contributed by atoms with van der Waals surface area (Å²) in [4.78, 5) is 4.27. The van der Waals surface area contributed by atoms with Gasteiger partial charge >= 0.3 is 0 Å².